The second kappa shape index (κ2) is 9.92. The third kappa shape index (κ3) is 6.57. The normalized spacial score (nSPS) is 12.2. The molecule has 2 amide bonds. The van der Waals surface area contributed by atoms with Crippen molar-refractivity contribution in [3.63, 3.8) is 0 Å². The Bertz CT molecular complexity index is 722. The summed E-state index contributed by atoms with van der Waals surface area (Å²) >= 11 is 0. The fourth-order valence-electron chi connectivity index (χ4n) is 2.91. The molecule has 0 unspecified atom stereocenters. The zero-order valence-electron chi connectivity index (χ0n) is 16.4. The van der Waals surface area contributed by atoms with Gasteiger partial charge in [-0.05, 0) is 41.5 Å². The predicted octanol–water partition coefficient (Wildman–Crippen LogP) is 3.23. The third-order valence-corrected chi connectivity index (χ3v) is 4.19. The van der Waals surface area contributed by atoms with Crippen molar-refractivity contribution in [3.05, 3.63) is 59.5 Å². The Morgan fingerprint density at radius 3 is 2.26 bits per heavy atom. The van der Waals surface area contributed by atoms with Crippen LogP contribution >= 0.6 is 0 Å². The second-order valence-electron chi connectivity index (χ2n) is 7.42. The lowest BCUT2D eigenvalue weighted by Crippen LogP contribution is -2.46. The van der Waals surface area contributed by atoms with Gasteiger partial charge >= 0.3 is 5.91 Å². The highest BCUT2D eigenvalue weighted by molar-refractivity contribution is 5.93. The Morgan fingerprint density at radius 1 is 1.00 bits per heavy atom. The monoisotopic (exact) mass is 371 g/mol. The van der Waals surface area contributed by atoms with E-state index in [1.807, 2.05) is 0 Å². The zero-order chi connectivity index (χ0) is 19.8. The van der Waals surface area contributed by atoms with Gasteiger partial charge in [-0.2, -0.15) is 0 Å². The largest absolute Gasteiger partial charge is 0.459 e. The first-order valence-corrected chi connectivity index (χ1v) is 9.31. The van der Waals surface area contributed by atoms with Crippen LogP contribution in [-0.4, -0.2) is 18.4 Å². The number of amides is 2. The molecule has 0 fully saturated rings. The van der Waals surface area contributed by atoms with E-state index in [0.29, 0.717) is 11.8 Å². The predicted molar refractivity (Wildman–Crippen MR) is 105 cm³/mol. The summed E-state index contributed by atoms with van der Waals surface area (Å²) in [5, 5.41) is 3.27. The number of hydrazine groups is 1. The van der Waals surface area contributed by atoms with Gasteiger partial charge in [0.2, 0.25) is 0 Å². The maximum atomic E-state index is 12.0. The molecule has 0 saturated heterocycles. The average Bonchev–Trinajstić information content (AvgIpc) is 3.15. The van der Waals surface area contributed by atoms with Crippen LogP contribution in [0.5, 0.6) is 0 Å². The Labute approximate surface area is 160 Å². The third-order valence-electron chi connectivity index (χ3n) is 4.19. The van der Waals surface area contributed by atoms with Crippen LogP contribution in [0.25, 0.3) is 0 Å². The first kappa shape index (κ1) is 20.7. The Morgan fingerprint density at radius 2 is 1.70 bits per heavy atom. The lowest BCUT2D eigenvalue weighted by molar-refractivity contribution is -0.121. The van der Waals surface area contributed by atoms with Gasteiger partial charge in [-0.1, -0.05) is 52.0 Å². The van der Waals surface area contributed by atoms with E-state index in [-0.39, 0.29) is 24.3 Å². The van der Waals surface area contributed by atoms with Crippen molar-refractivity contribution < 1.29 is 14.0 Å². The number of carbonyl (C=O) groups excluding carboxylic acids is 2. The highest BCUT2D eigenvalue weighted by Gasteiger charge is 2.17. The molecule has 1 aromatic heterocycles. The van der Waals surface area contributed by atoms with Gasteiger partial charge in [-0.3, -0.25) is 20.4 Å². The molecule has 0 aliphatic heterocycles. The van der Waals surface area contributed by atoms with Crippen LogP contribution in [0.4, 0.5) is 0 Å². The minimum Gasteiger partial charge on any atom is -0.459 e. The van der Waals surface area contributed by atoms with Gasteiger partial charge in [0, 0.05) is 6.04 Å². The number of rotatable bonds is 8. The van der Waals surface area contributed by atoms with Crippen molar-refractivity contribution in [1.82, 2.24) is 16.2 Å². The molecule has 0 saturated carbocycles. The summed E-state index contributed by atoms with van der Waals surface area (Å²) in [6, 6.07) is 11.7. The van der Waals surface area contributed by atoms with E-state index in [1.165, 1.54) is 17.9 Å². The quantitative estimate of drug-likeness (QED) is 0.622. The molecular weight excluding hydrogens is 342 g/mol. The highest BCUT2D eigenvalue weighted by atomic mass is 16.3. The van der Waals surface area contributed by atoms with Crippen LogP contribution in [0.1, 0.15) is 55.4 Å². The van der Waals surface area contributed by atoms with Gasteiger partial charge in [-0.25, -0.2) is 0 Å². The van der Waals surface area contributed by atoms with E-state index in [9.17, 15) is 9.59 Å². The SMILES string of the molecule is CC(C)Cc1ccc([C@@H](NCC(=O)NNC(=O)c2ccco2)C(C)C)cc1. The first-order valence-electron chi connectivity index (χ1n) is 9.31. The van der Waals surface area contributed by atoms with Gasteiger partial charge in [-0.15, -0.1) is 0 Å². The summed E-state index contributed by atoms with van der Waals surface area (Å²) in [6.07, 6.45) is 2.45. The van der Waals surface area contributed by atoms with Gasteiger partial charge in [0.05, 0.1) is 12.8 Å². The van der Waals surface area contributed by atoms with Gasteiger partial charge in [0.25, 0.3) is 5.91 Å². The van der Waals surface area contributed by atoms with E-state index in [0.717, 1.165) is 12.0 Å². The van der Waals surface area contributed by atoms with Gasteiger partial charge in [0.15, 0.2) is 5.76 Å². The molecule has 146 valence electrons. The molecular formula is C21H29N3O3. The fourth-order valence-corrected chi connectivity index (χ4v) is 2.91. The van der Waals surface area contributed by atoms with E-state index < -0.39 is 5.91 Å². The highest BCUT2D eigenvalue weighted by Crippen LogP contribution is 2.22. The summed E-state index contributed by atoms with van der Waals surface area (Å²) in [6.45, 7) is 8.72. The Hall–Kier alpha value is -2.60. The lowest BCUT2D eigenvalue weighted by atomic mass is 9.94. The Kier molecular flexibility index (Phi) is 7.61. The summed E-state index contributed by atoms with van der Waals surface area (Å²) in [4.78, 5) is 23.8. The molecule has 3 N–H and O–H groups in total. The van der Waals surface area contributed by atoms with Crippen LogP contribution in [0.15, 0.2) is 47.1 Å². The van der Waals surface area contributed by atoms with Crippen molar-refractivity contribution in [3.8, 4) is 0 Å². The number of carbonyl (C=O) groups is 2. The topological polar surface area (TPSA) is 83.4 Å². The molecule has 1 atom stereocenters. The summed E-state index contributed by atoms with van der Waals surface area (Å²) in [5.74, 6) is 0.262. The smallest absolute Gasteiger partial charge is 0.305 e. The molecule has 0 aliphatic carbocycles. The zero-order valence-corrected chi connectivity index (χ0v) is 16.4. The molecule has 27 heavy (non-hydrogen) atoms. The van der Waals surface area contributed by atoms with Crippen LogP contribution < -0.4 is 16.2 Å². The number of benzene rings is 1. The molecule has 0 spiro atoms. The van der Waals surface area contributed by atoms with E-state index >= 15 is 0 Å². The summed E-state index contributed by atoms with van der Waals surface area (Å²) < 4.78 is 4.97. The van der Waals surface area contributed by atoms with Gasteiger partial charge in [0.1, 0.15) is 0 Å². The molecule has 1 aromatic carbocycles. The number of hydrogen-bond acceptors (Lipinski definition) is 4. The Balaban J connectivity index is 1.86. The molecule has 6 nitrogen and oxygen atoms in total. The maximum absolute atomic E-state index is 12.0. The molecule has 0 aliphatic rings. The number of furan rings is 1. The van der Waals surface area contributed by atoms with Crippen LogP contribution in [-0.2, 0) is 11.2 Å². The van der Waals surface area contributed by atoms with Crippen molar-refractivity contribution in [1.29, 1.82) is 0 Å². The molecule has 2 aromatic rings. The second-order valence-corrected chi connectivity index (χ2v) is 7.42. The van der Waals surface area contributed by atoms with Crippen molar-refractivity contribution in [2.75, 3.05) is 6.54 Å². The fraction of sp³-hybridized carbons (Fsp3) is 0.429. The summed E-state index contributed by atoms with van der Waals surface area (Å²) in [5.41, 5.74) is 7.18. The maximum Gasteiger partial charge on any atom is 0.305 e. The van der Waals surface area contributed by atoms with Gasteiger partial charge < -0.3 is 9.73 Å². The molecule has 0 radical (unpaired) electrons. The standard InChI is InChI=1S/C21H29N3O3/c1-14(2)12-16-7-9-17(10-8-16)20(15(3)4)22-13-19(25)23-24-21(26)18-6-5-11-27-18/h5-11,14-15,20,22H,12-13H2,1-4H3,(H,23,25)(H,24,26)/t20-/m0/s1. The van der Waals surface area contributed by atoms with E-state index in [1.54, 1.807) is 6.07 Å². The van der Waals surface area contributed by atoms with E-state index in [4.69, 9.17) is 4.42 Å². The van der Waals surface area contributed by atoms with E-state index in [2.05, 4.69) is 68.1 Å². The molecule has 6 heteroatoms. The van der Waals surface area contributed by atoms with Crippen molar-refractivity contribution in [2.45, 2.75) is 40.2 Å². The minimum absolute atomic E-state index is 0.0459. The number of nitrogens with one attached hydrogen (secondary N) is 3. The molecule has 0 bridgehead atoms. The molecule has 1 heterocycles. The average molecular weight is 371 g/mol. The lowest BCUT2D eigenvalue weighted by Gasteiger charge is -2.23. The number of hydrogen-bond donors (Lipinski definition) is 3. The van der Waals surface area contributed by atoms with Crippen LogP contribution in [0.2, 0.25) is 0 Å². The molecule has 2 rings (SSSR count). The van der Waals surface area contributed by atoms with Crippen LogP contribution in [0, 0.1) is 11.8 Å². The van der Waals surface area contributed by atoms with Crippen molar-refractivity contribution >= 4 is 11.8 Å². The van der Waals surface area contributed by atoms with Crippen molar-refractivity contribution in [2.24, 2.45) is 11.8 Å². The van der Waals surface area contributed by atoms with Crippen LogP contribution in [0.3, 0.4) is 0 Å². The minimum atomic E-state index is -0.491. The summed E-state index contributed by atoms with van der Waals surface area (Å²) in [7, 11) is 0. The first-order chi connectivity index (χ1) is 12.9.